The van der Waals surface area contributed by atoms with E-state index in [1.54, 1.807) is 19.2 Å². The first-order valence-electron chi connectivity index (χ1n) is 5.57. The van der Waals surface area contributed by atoms with Crippen LogP contribution in [0.15, 0.2) is 42.5 Å². The second-order valence-electron chi connectivity index (χ2n) is 3.95. The Balaban J connectivity index is 2.64. The van der Waals surface area contributed by atoms with Crippen LogP contribution in [0.3, 0.4) is 0 Å². The highest BCUT2D eigenvalue weighted by atomic mass is 35.5. The molecule has 0 aliphatic heterocycles. The summed E-state index contributed by atoms with van der Waals surface area (Å²) in [7, 11) is 1.60. The summed E-state index contributed by atoms with van der Waals surface area (Å²) >= 11 is 6.18. The Hall–Kier alpha value is -1.80. The molecule has 0 bridgehead atoms. The number of hydrogen-bond donors (Lipinski definition) is 0. The molecule has 2 nitrogen and oxygen atoms in total. The van der Waals surface area contributed by atoms with Crippen LogP contribution in [0.25, 0.3) is 11.1 Å². The predicted octanol–water partition coefficient (Wildman–Crippen LogP) is 4.22. The van der Waals surface area contributed by atoms with Crippen LogP contribution in [0.5, 0.6) is 5.75 Å². The van der Waals surface area contributed by atoms with Crippen molar-refractivity contribution < 1.29 is 9.53 Å². The van der Waals surface area contributed by atoms with Crippen LogP contribution in [-0.4, -0.2) is 12.9 Å². The summed E-state index contributed by atoms with van der Waals surface area (Å²) in [4.78, 5) is 11.4. The number of methoxy groups -OCH3 is 1. The minimum atomic E-state index is 0.0194. The third-order valence-corrected chi connectivity index (χ3v) is 3.10. The quantitative estimate of drug-likeness (QED) is 0.773. The molecule has 0 aliphatic rings. The van der Waals surface area contributed by atoms with E-state index in [2.05, 4.69) is 0 Å². The van der Waals surface area contributed by atoms with Gasteiger partial charge in [-0.2, -0.15) is 0 Å². The fourth-order valence-electron chi connectivity index (χ4n) is 1.82. The van der Waals surface area contributed by atoms with Crippen LogP contribution >= 0.6 is 11.6 Å². The van der Waals surface area contributed by atoms with Crippen molar-refractivity contribution >= 4 is 17.4 Å². The van der Waals surface area contributed by atoms with Crippen molar-refractivity contribution in [2.24, 2.45) is 0 Å². The average molecular weight is 261 g/mol. The van der Waals surface area contributed by atoms with Gasteiger partial charge in [-0.25, -0.2) is 0 Å². The van der Waals surface area contributed by atoms with E-state index >= 15 is 0 Å². The Bertz CT molecular complexity index is 591. The van der Waals surface area contributed by atoms with Gasteiger partial charge in [-0.1, -0.05) is 29.8 Å². The van der Waals surface area contributed by atoms with Crippen LogP contribution in [0.2, 0.25) is 5.02 Å². The molecule has 0 saturated heterocycles. The molecule has 0 unspecified atom stereocenters. The van der Waals surface area contributed by atoms with Gasteiger partial charge < -0.3 is 4.74 Å². The van der Waals surface area contributed by atoms with Crippen molar-refractivity contribution in [3.63, 3.8) is 0 Å². The standard InChI is InChI=1S/C15H13ClO2/c1-10(17)11-7-8-15(18-2)13(9-11)12-5-3-4-6-14(12)16/h3-9H,1-2H3. The third-order valence-electron chi connectivity index (χ3n) is 2.77. The van der Waals surface area contributed by atoms with E-state index in [-0.39, 0.29) is 5.78 Å². The van der Waals surface area contributed by atoms with Gasteiger partial charge in [-0.05, 0) is 31.2 Å². The summed E-state index contributed by atoms with van der Waals surface area (Å²) in [6.07, 6.45) is 0. The Morgan fingerprint density at radius 1 is 1.11 bits per heavy atom. The summed E-state index contributed by atoms with van der Waals surface area (Å²) in [5.41, 5.74) is 2.33. The number of ether oxygens (including phenoxy) is 1. The highest BCUT2D eigenvalue weighted by Gasteiger charge is 2.11. The Morgan fingerprint density at radius 3 is 2.44 bits per heavy atom. The monoisotopic (exact) mass is 260 g/mol. The molecule has 0 atom stereocenters. The molecule has 0 fully saturated rings. The molecule has 3 heteroatoms. The first kappa shape index (κ1) is 12.7. The highest BCUT2D eigenvalue weighted by Crippen LogP contribution is 2.35. The lowest BCUT2D eigenvalue weighted by Gasteiger charge is -2.11. The minimum absolute atomic E-state index is 0.0194. The number of ketones is 1. The molecule has 0 spiro atoms. The number of benzene rings is 2. The van der Waals surface area contributed by atoms with E-state index in [4.69, 9.17) is 16.3 Å². The molecular formula is C15H13ClO2. The first-order valence-corrected chi connectivity index (χ1v) is 5.95. The van der Waals surface area contributed by atoms with Gasteiger partial charge >= 0.3 is 0 Å². The molecular weight excluding hydrogens is 248 g/mol. The smallest absolute Gasteiger partial charge is 0.159 e. The maximum absolute atomic E-state index is 11.4. The van der Waals surface area contributed by atoms with Crippen LogP contribution in [0, 0.1) is 0 Å². The predicted molar refractivity (Wildman–Crippen MR) is 73.4 cm³/mol. The van der Waals surface area contributed by atoms with Crippen molar-refractivity contribution in [1.29, 1.82) is 0 Å². The largest absolute Gasteiger partial charge is 0.496 e. The van der Waals surface area contributed by atoms with Crippen molar-refractivity contribution in [2.75, 3.05) is 7.11 Å². The molecule has 0 amide bonds. The molecule has 0 saturated carbocycles. The van der Waals surface area contributed by atoms with Crippen LogP contribution in [0.4, 0.5) is 0 Å². The zero-order valence-electron chi connectivity index (χ0n) is 10.2. The van der Waals surface area contributed by atoms with Gasteiger partial charge in [0.2, 0.25) is 0 Å². The number of halogens is 1. The van der Waals surface area contributed by atoms with Crippen molar-refractivity contribution in [3.05, 3.63) is 53.1 Å². The minimum Gasteiger partial charge on any atom is -0.496 e. The molecule has 0 heterocycles. The van der Waals surface area contributed by atoms with Crippen LogP contribution < -0.4 is 4.74 Å². The molecule has 0 radical (unpaired) electrons. The molecule has 2 aromatic rings. The topological polar surface area (TPSA) is 26.3 Å². The Kier molecular flexibility index (Phi) is 3.68. The Morgan fingerprint density at radius 2 is 1.83 bits per heavy atom. The molecule has 0 aromatic heterocycles. The third kappa shape index (κ3) is 2.39. The van der Waals surface area contributed by atoms with Crippen LogP contribution in [-0.2, 0) is 0 Å². The normalized spacial score (nSPS) is 10.2. The fourth-order valence-corrected chi connectivity index (χ4v) is 2.05. The summed E-state index contributed by atoms with van der Waals surface area (Å²) in [6, 6.07) is 12.8. The molecule has 0 aliphatic carbocycles. The molecule has 0 N–H and O–H groups in total. The Labute approximate surface area is 111 Å². The summed E-state index contributed by atoms with van der Waals surface area (Å²) in [6.45, 7) is 1.54. The zero-order chi connectivity index (χ0) is 13.1. The number of hydrogen-bond acceptors (Lipinski definition) is 2. The average Bonchev–Trinajstić information content (AvgIpc) is 2.38. The van der Waals surface area contributed by atoms with Gasteiger partial charge in [-0.15, -0.1) is 0 Å². The molecule has 92 valence electrons. The van der Waals surface area contributed by atoms with Gasteiger partial charge in [0.15, 0.2) is 5.78 Å². The van der Waals surface area contributed by atoms with Gasteiger partial charge in [0, 0.05) is 21.7 Å². The molecule has 2 rings (SSSR count). The van der Waals surface area contributed by atoms with Gasteiger partial charge in [-0.3, -0.25) is 4.79 Å². The van der Waals surface area contributed by atoms with Crippen molar-refractivity contribution in [2.45, 2.75) is 6.92 Å². The van der Waals surface area contributed by atoms with E-state index in [1.165, 1.54) is 6.92 Å². The first-order chi connectivity index (χ1) is 8.63. The lowest BCUT2D eigenvalue weighted by Crippen LogP contribution is -1.95. The molecule has 2 aromatic carbocycles. The lowest BCUT2D eigenvalue weighted by atomic mass is 10.0. The van der Waals surface area contributed by atoms with Gasteiger partial charge in [0.1, 0.15) is 5.75 Å². The second-order valence-corrected chi connectivity index (χ2v) is 4.36. The molecule has 18 heavy (non-hydrogen) atoms. The lowest BCUT2D eigenvalue weighted by molar-refractivity contribution is 0.101. The number of rotatable bonds is 3. The van der Waals surface area contributed by atoms with Crippen molar-refractivity contribution in [1.82, 2.24) is 0 Å². The van der Waals surface area contributed by atoms with Gasteiger partial charge in [0.25, 0.3) is 0 Å². The SMILES string of the molecule is COc1ccc(C(C)=O)cc1-c1ccccc1Cl. The summed E-state index contributed by atoms with van der Waals surface area (Å²) in [5.74, 6) is 0.721. The highest BCUT2D eigenvalue weighted by molar-refractivity contribution is 6.33. The van der Waals surface area contributed by atoms with Gasteiger partial charge in [0.05, 0.1) is 7.11 Å². The zero-order valence-corrected chi connectivity index (χ0v) is 11.0. The van der Waals surface area contributed by atoms with E-state index in [9.17, 15) is 4.79 Å². The number of carbonyl (C=O) groups excluding carboxylic acids is 1. The van der Waals surface area contributed by atoms with E-state index in [1.807, 2.05) is 30.3 Å². The van der Waals surface area contributed by atoms with E-state index in [0.717, 1.165) is 11.1 Å². The van der Waals surface area contributed by atoms with E-state index in [0.29, 0.717) is 16.3 Å². The van der Waals surface area contributed by atoms with Crippen molar-refractivity contribution in [3.8, 4) is 16.9 Å². The van der Waals surface area contributed by atoms with E-state index < -0.39 is 0 Å². The summed E-state index contributed by atoms with van der Waals surface area (Å²) < 4.78 is 5.32. The van der Waals surface area contributed by atoms with Crippen LogP contribution in [0.1, 0.15) is 17.3 Å². The number of Topliss-reactive ketones (excluding diaryl/α,β-unsaturated/α-hetero) is 1. The second kappa shape index (κ2) is 5.23. The summed E-state index contributed by atoms with van der Waals surface area (Å²) in [5, 5.41) is 0.636. The number of carbonyl (C=O) groups is 1. The maximum Gasteiger partial charge on any atom is 0.159 e. The maximum atomic E-state index is 11.4. The fraction of sp³-hybridized carbons (Fsp3) is 0.133.